The van der Waals surface area contributed by atoms with Crippen LogP contribution in [0.1, 0.15) is 28.8 Å². The first-order valence-electron chi connectivity index (χ1n) is 10.8. The smallest absolute Gasteiger partial charge is 0.407 e. The Morgan fingerprint density at radius 2 is 1.94 bits per heavy atom. The number of nitrogens with zero attached hydrogens (tertiary/aromatic N) is 1. The predicted molar refractivity (Wildman–Crippen MR) is 121 cm³/mol. The van der Waals surface area contributed by atoms with E-state index >= 15 is 0 Å². The zero-order valence-corrected chi connectivity index (χ0v) is 18.9. The SMILES string of the molecule is COCOc1ccc(OC)cc1C(=O)N[C@@H]1CN(C(=O)O)CCC[C@H]1OCc1ccccc1. The van der Waals surface area contributed by atoms with Crippen LogP contribution in [0.2, 0.25) is 0 Å². The molecule has 33 heavy (non-hydrogen) atoms. The van der Waals surface area contributed by atoms with Crippen molar-refractivity contribution < 1.29 is 33.6 Å². The largest absolute Gasteiger partial charge is 0.497 e. The van der Waals surface area contributed by atoms with Crippen molar-refractivity contribution >= 4 is 12.0 Å². The van der Waals surface area contributed by atoms with E-state index in [9.17, 15) is 14.7 Å². The quantitative estimate of drug-likeness (QED) is 0.556. The van der Waals surface area contributed by atoms with Gasteiger partial charge in [0.1, 0.15) is 11.5 Å². The average molecular weight is 459 g/mol. The van der Waals surface area contributed by atoms with Crippen LogP contribution in [0.25, 0.3) is 0 Å². The van der Waals surface area contributed by atoms with Crippen molar-refractivity contribution in [2.24, 2.45) is 0 Å². The minimum absolute atomic E-state index is 0.0222. The van der Waals surface area contributed by atoms with Crippen molar-refractivity contribution in [1.29, 1.82) is 0 Å². The van der Waals surface area contributed by atoms with Gasteiger partial charge in [0.25, 0.3) is 5.91 Å². The van der Waals surface area contributed by atoms with Crippen molar-refractivity contribution in [2.45, 2.75) is 31.6 Å². The van der Waals surface area contributed by atoms with Crippen LogP contribution in [-0.4, -0.2) is 68.3 Å². The number of carbonyl (C=O) groups excluding carboxylic acids is 1. The Bertz CT molecular complexity index is 922. The van der Waals surface area contributed by atoms with Crippen LogP contribution in [-0.2, 0) is 16.1 Å². The number of methoxy groups -OCH3 is 2. The third-order valence-corrected chi connectivity index (χ3v) is 5.44. The van der Waals surface area contributed by atoms with E-state index in [1.807, 2.05) is 30.3 Å². The second kappa shape index (κ2) is 12.1. The number of carboxylic acid groups (broad SMARTS) is 1. The van der Waals surface area contributed by atoms with Gasteiger partial charge in [0.15, 0.2) is 6.79 Å². The maximum absolute atomic E-state index is 13.3. The number of likely N-dealkylation sites (tertiary alicyclic amines) is 1. The molecule has 9 nitrogen and oxygen atoms in total. The zero-order chi connectivity index (χ0) is 23.6. The molecule has 0 bridgehead atoms. The van der Waals surface area contributed by atoms with E-state index in [1.165, 1.54) is 19.1 Å². The number of hydrogen-bond acceptors (Lipinski definition) is 6. The van der Waals surface area contributed by atoms with Gasteiger partial charge in [0.2, 0.25) is 0 Å². The molecule has 2 N–H and O–H groups in total. The number of rotatable bonds is 9. The molecular formula is C24H30N2O7. The minimum Gasteiger partial charge on any atom is -0.497 e. The lowest BCUT2D eigenvalue weighted by Crippen LogP contribution is -2.50. The first-order chi connectivity index (χ1) is 16.0. The molecule has 1 fully saturated rings. The molecule has 0 aromatic heterocycles. The van der Waals surface area contributed by atoms with Crippen LogP contribution >= 0.6 is 0 Å². The molecule has 2 atom stereocenters. The molecule has 1 aliphatic heterocycles. The van der Waals surface area contributed by atoms with Crippen LogP contribution in [0.15, 0.2) is 48.5 Å². The first-order valence-corrected chi connectivity index (χ1v) is 10.8. The van der Waals surface area contributed by atoms with Crippen LogP contribution in [0.5, 0.6) is 11.5 Å². The van der Waals surface area contributed by atoms with Crippen molar-refractivity contribution in [3.63, 3.8) is 0 Å². The van der Waals surface area contributed by atoms with Gasteiger partial charge in [-0.1, -0.05) is 30.3 Å². The third-order valence-electron chi connectivity index (χ3n) is 5.44. The van der Waals surface area contributed by atoms with Crippen molar-refractivity contribution in [3.8, 4) is 11.5 Å². The second-order valence-corrected chi connectivity index (χ2v) is 7.70. The van der Waals surface area contributed by atoms with Crippen molar-refractivity contribution in [2.75, 3.05) is 34.1 Å². The standard InChI is InChI=1S/C24H30N2O7/c1-30-16-33-21-11-10-18(31-2)13-19(21)23(27)25-20-14-26(24(28)29)12-6-9-22(20)32-15-17-7-4-3-5-8-17/h3-5,7-8,10-11,13,20,22H,6,9,12,14-16H2,1-2H3,(H,25,27)(H,28,29)/t20-,22-/m1/s1. The Morgan fingerprint density at radius 3 is 2.64 bits per heavy atom. The molecule has 1 aliphatic rings. The molecule has 3 rings (SSSR count). The van der Waals surface area contributed by atoms with E-state index in [0.717, 1.165) is 5.56 Å². The molecule has 2 amide bonds. The summed E-state index contributed by atoms with van der Waals surface area (Å²) in [6, 6.07) is 14.1. The maximum Gasteiger partial charge on any atom is 0.407 e. The van der Waals surface area contributed by atoms with E-state index in [-0.39, 0.29) is 25.0 Å². The van der Waals surface area contributed by atoms with E-state index < -0.39 is 18.0 Å². The Labute approximate surface area is 193 Å². The van der Waals surface area contributed by atoms with Gasteiger partial charge in [-0.2, -0.15) is 0 Å². The van der Waals surface area contributed by atoms with Gasteiger partial charge in [-0.25, -0.2) is 4.79 Å². The molecular weight excluding hydrogens is 428 g/mol. The lowest BCUT2D eigenvalue weighted by molar-refractivity contribution is 0.0105. The molecule has 0 saturated carbocycles. The number of ether oxygens (including phenoxy) is 4. The molecule has 1 saturated heterocycles. The van der Waals surface area contributed by atoms with Gasteiger partial charge >= 0.3 is 6.09 Å². The first kappa shape index (κ1) is 24.3. The fourth-order valence-electron chi connectivity index (χ4n) is 3.73. The highest BCUT2D eigenvalue weighted by atomic mass is 16.7. The maximum atomic E-state index is 13.3. The summed E-state index contributed by atoms with van der Waals surface area (Å²) in [5.74, 6) is 0.418. The van der Waals surface area contributed by atoms with E-state index in [0.29, 0.717) is 37.5 Å². The molecule has 0 spiro atoms. The van der Waals surface area contributed by atoms with E-state index in [1.54, 1.807) is 18.2 Å². The number of amides is 2. The molecule has 178 valence electrons. The minimum atomic E-state index is -1.02. The molecule has 2 aromatic rings. The third kappa shape index (κ3) is 6.84. The number of nitrogens with one attached hydrogen (secondary N) is 1. The molecule has 0 aliphatic carbocycles. The Kier molecular flexibility index (Phi) is 8.91. The Morgan fingerprint density at radius 1 is 1.15 bits per heavy atom. The fourth-order valence-corrected chi connectivity index (χ4v) is 3.73. The topological polar surface area (TPSA) is 107 Å². The van der Waals surface area contributed by atoms with Crippen LogP contribution in [0.3, 0.4) is 0 Å². The molecule has 1 heterocycles. The van der Waals surface area contributed by atoms with E-state index in [4.69, 9.17) is 18.9 Å². The summed E-state index contributed by atoms with van der Waals surface area (Å²) in [4.78, 5) is 26.2. The lowest BCUT2D eigenvalue weighted by atomic mass is 10.1. The zero-order valence-electron chi connectivity index (χ0n) is 18.9. The average Bonchev–Trinajstić information content (AvgIpc) is 3.04. The van der Waals surface area contributed by atoms with Gasteiger partial charge in [-0.3, -0.25) is 4.79 Å². The molecule has 2 aromatic carbocycles. The van der Waals surface area contributed by atoms with Gasteiger partial charge in [-0.15, -0.1) is 0 Å². The summed E-state index contributed by atoms with van der Waals surface area (Å²) in [7, 11) is 3.00. The van der Waals surface area contributed by atoms with Crippen molar-refractivity contribution in [1.82, 2.24) is 10.2 Å². The summed E-state index contributed by atoms with van der Waals surface area (Å²) in [6.45, 7) is 0.852. The molecule has 0 unspecified atom stereocenters. The summed E-state index contributed by atoms with van der Waals surface area (Å²) < 4.78 is 21.9. The van der Waals surface area contributed by atoms with Crippen LogP contribution in [0, 0.1) is 0 Å². The van der Waals surface area contributed by atoms with Gasteiger partial charge in [0.05, 0.1) is 31.4 Å². The summed E-state index contributed by atoms with van der Waals surface area (Å²) in [5.41, 5.74) is 1.27. The fraction of sp³-hybridized carbons (Fsp3) is 0.417. The normalized spacial score (nSPS) is 18.3. The second-order valence-electron chi connectivity index (χ2n) is 7.70. The highest BCUT2D eigenvalue weighted by Gasteiger charge is 2.32. The Hall–Kier alpha value is -3.30. The number of benzene rings is 2. The predicted octanol–water partition coefficient (Wildman–Crippen LogP) is 3.14. The Balaban J connectivity index is 1.80. The van der Waals surface area contributed by atoms with Gasteiger partial charge in [0, 0.05) is 20.2 Å². The van der Waals surface area contributed by atoms with Gasteiger partial charge in [-0.05, 0) is 36.6 Å². The highest BCUT2D eigenvalue weighted by Crippen LogP contribution is 2.25. The highest BCUT2D eigenvalue weighted by molar-refractivity contribution is 5.97. The van der Waals surface area contributed by atoms with E-state index in [2.05, 4.69) is 5.32 Å². The lowest BCUT2D eigenvalue weighted by Gasteiger charge is -2.28. The monoisotopic (exact) mass is 458 g/mol. The summed E-state index contributed by atoms with van der Waals surface area (Å²) in [6.07, 6.45) is -0.123. The summed E-state index contributed by atoms with van der Waals surface area (Å²) in [5, 5.41) is 12.5. The van der Waals surface area contributed by atoms with Crippen LogP contribution in [0.4, 0.5) is 4.79 Å². The molecule has 0 radical (unpaired) electrons. The number of carbonyl (C=O) groups is 2. The van der Waals surface area contributed by atoms with Crippen molar-refractivity contribution in [3.05, 3.63) is 59.7 Å². The van der Waals surface area contributed by atoms with Crippen LogP contribution < -0.4 is 14.8 Å². The summed E-state index contributed by atoms with van der Waals surface area (Å²) >= 11 is 0. The van der Waals surface area contributed by atoms with Gasteiger partial charge < -0.3 is 34.3 Å². The number of hydrogen-bond donors (Lipinski definition) is 2. The molecule has 9 heteroatoms.